The molecule has 0 saturated carbocycles. The van der Waals surface area contributed by atoms with Crippen LogP contribution in [0.1, 0.15) is 0 Å². The van der Waals surface area contributed by atoms with E-state index in [1.165, 1.54) is 77.2 Å². The summed E-state index contributed by atoms with van der Waals surface area (Å²) in [6.45, 7) is 0. The number of para-hydroxylation sites is 3. The van der Waals surface area contributed by atoms with Crippen LogP contribution in [0.2, 0.25) is 0 Å². The van der Waals surface area contributed by atoms with Gasteiger partial charge in [0, 0.05) is 77.4 Å². The number of fused-ring (bicyclic) bond motifs is 8. The van der Waals surface area contributed by atoms with Gasteiger partial charge in [-0.05, 0) is 183 Å². The van der Waals surface area contributed by atoms with Gasteiger partial charge in [-0.2, -0.15) is 0 Å². The Hall–Kier alpha value is -18.5. The lowest BCUT2D eigenvalue weighted by molar-refractivity contribution is 0.487. The van der Waals surface area contributed by atoms with E-state index >= 15 is 0 Å². The molecule has 0 amide bonds. The molecule has 3 aromatic heterocycles. The quantitative estimate of drug-likeness (QED) is 0.110. The molecule has 24 aromatic rings. The fourth-order valence-electron chi connectivity index (χ4n) is 19.4. The number of nitrogens with zero attached hydrogens (tertiary/aromatic N) is 7. The van der Waals surface area contributed by atoms with Gasteiger partial charge in [0.1, 0.15) is 34.5 Å². The first-order valence-electron chi connectivity index (χ1n) is 46.0. The van der Waals surface area contributed by atoms with Crippen molar-refractivity contribution in [3.05, 3.63) is 479 Å². The van der Waals surface area contributed by atoms with E-state index in [9.17, 15) is 0 Å². The van der Waals surface area contributed by atoms with Crippen LogP contribution >= 0.6 is 0 Å². The average Bonchev–Trinajstić information content (AvgIpc) is 0.743. The highest BCUT2D eigenvalue weighted by molar-refractivity contribution is 6.14. The van der Waals surface area contributed by atoms with E-state index < -0.39 is 0 Å². The second kappa shape index (κ2) is 34.7. The van der Waals surface area contributed by atoms with Gasteiger partial charge in [-0.3, -0.25) is 0 Å². The van der Waals surface area contributed by atoms with E-state index in [-0.39, 0.29) is 0 Å². The van der Waals surface area contributed by atoms with Gasteiger partial charge in [0.05, 0.1) is 11.4 Å². The normalized spacial score (nSPS) is 11.7. The molecule has 0 fully saturated rings. The van der Waals surface area contributed by atoms with Crippen molar-refractivity contribution in [1.29, 1.82) is 0 Å². The van der Waals surface area contributed by atoms with Gasteiger partial charge in [-0.1, -0.05) is 406 Å². The fourth-order valence-corrected chi connectivity index (χ4v) is 19.4. The topological polar surface area (TPSA) is 118 Å². The van der Waals surface area contributed by atoms with Gasteiger partial charge in [-0.15, -0.1) is 0 Å². The summed E-state index contributed by atoms with van der Waals surface area (Å²) in [5.74, 6) is 9.33. The second-order valence-corrected chi connectivity index (χ2v) is 34.5. The van der Waals surface area contributed by atoms with Gasteiger partial charge in [0.15, 0.2) is 34.9 Å². The van der Waals surface area contributed by atoms with E-state index in [4.69, 9.17) is 49.1 Å². The molecule has 3 aliphatic rings. The summed E-state index contributed by atoms with van der Waals surface area (Å²) in [5.41, 5.74) is 28.6. The standard InChI is InChI=1S/C45H29NO.2C41H25N3O/c1-3-10-30(11-4-1)36-28-41(34-12-5-2-6-13-34)46-42(29-36)35-24-20-32(21-25-35)31-18-22-33(23-19-31)37-26-27-44-45-39(37)15-9-16-40(45)38-14-7-8-17-43(38)47-44;1-3-10-27(11-4-1)39-42-40(28-12-5-2-6-13-28)44-41(43-39)30-21-19-26-18-20-29(24-31(26)25-30)32-22-23-37-38-34(32)15-9-16-35(38)33-14-7-8-17-36(33)45-37;1-3-10-26(11-4-1)39-42-40(27-12-5-2-6-13-27)44-41(43-39)31-21-19-28-24-30(20-18-29(28)25-31)32-22-23-37-38-34(32)15-9-16-35(38)33-14-7-8-17-36(33)45-37/h1-29H;2*1-25H. The molecular formula is C127H79N7O3. The van der Waals surface area contributed by atoms with Crippen molar-refractivity contribution in [2.45, 2.75) is 0 Å². The molecule has 0 radical (unpaired) electrons. The Bertz CT molecular complexity index is 8660. The van der Waals surface area contributed by atoms with Crippen molar-refractivity contribution in [1.82, 2.24) is 34.9 Å². The lowest BCUT2D eigenvalue weighted by atomic mass is 9.90. The minimum absolute atomic E-state index is 0.646. The lowest BCUT2D eigenvalue weighted by Crippen LogP contribution is -2.00. The zero-order valence-electron chi connectivity index (χ0n) is 74.0. The third-order valence-electron chi connectivity index (χ3n) is 26.1. The molecule has 0 saturated heterocycles. The zero-order valence-corrected chi connectivity index (χ0v) is 74.0. The molecule has 0 atom stereocenters. The van der Waals surface area contributed by atoms with Gasteiger partial charge in [-0.25, -0.2) is 34.9 Å². The second-order valence-electron chi connectivity index (χ2n) is 34.5. The van der Waals surface area contributed by atoms with Crippen LogP contribution in [0.5, 0.6) is 34.5 Å². The summed E-state index contributed by atoms with van der Waals surface area (Å²) in [6.07, 6.45) is 0. The fraction of sp³-hybridized carbons (Fsp3) is 0. The first-order valence-corrected chi connectivity index (χ1v) is 46.0. The van der Waals surface area contributed by atoms with Crippen molar-refractivity contribution >= 4 is 53.9 Å². The molecule has 10 heteroatoms. The summed E-state index contributed by atoms with van der Waals surface area (Å²) >= 11 is 0. The molecule has 0 N–H and O–H groups in total. The smallest absolute Gasteiger partial charge is 0.164 e. The van der Waals surface area contributed by atoms with Crippen molar-refractivity contribution in [3.8, 4) is 214 Å². The highest BCUT2D eigenvalue weighted by atomic mass is 16.5. The molecule has 6 heterocycles. The molecule has 640 valence electrons. The molecule has 0 bridgehead atoms. The monoisotopic (exact) mass is 1750 g/mol. The Kier molecular flexibility index (Phi) is 20.4. The van der Waals surface area contributed by atoms with Crippen LogP contribution in [0.15, 0.2) is 479 Å². The van der Waals surface area contributed by atoms with Crippen LogP contribution < -0.4 is 14.2 Å². The molecule has 10 nitrogen and oxygen atoms in total. The maximum Gasteiger partial charge on any atom is 0.164 e. The van der Waals surface area contributed by atoms with Gasteiger partial charge < -0.3 is 14.2 Å². The lowest BCUT2D eigenvalue weighted by Gasteiger charge is -2.22. The maximum atomic E-state index is 6.34. The first kappa shape index (κ1) is 80.6. The zero-order chi connectivity index (χ0) is 90.6. The van der Waals surface area contributed by atoms with Crippen molar-refractivity contribution in [3.63, 3.8) is 0 Å². The minimum atomic E-state index is 0.646. The van der Waals surface area contributed by atoms with Gasteiger partial charge in [0.25, 0.3) is 0 Å². The highest BCUT2D eigenvalue weighted by Gasteiger charge is 2.27. The number of pyridine rings is 1. The Morgan fingerprint density at radius 2 is 0.380 bits per heavy atom. The third kappa shape index (κ3) is 15.4. The predicted molar refractivity (Wildman–Crippen MR) is 559 cm³/mol. The number of ether oxygens (including phenoxy) is 3. The van der Waals surface area contributed by atoms with Crippen molar-refractivity contribution in [2.24, 2.45) is 0 Å². The predicted octanol–water partition coefficient (Wildman–Crippen LogP) is 33.6. The number of aromatic nitrogens is 7. The molecule has 27 rings (SSSR count). The number of rotatable bonds is 13. The van der Waals surface area contributed by atoms with E-state index in [2.05, 4.69) is 315 Å². The SMILES string of the molecule is c1ccc(-c2cc(-c3ccccc3)nc(-c3ccc(-c4ccc(-c5ccc6c7c(cccc57)-c5ccccc5O6)cc4)cc3)c2)cc1.c1ccc(-c2nc(-c3ccccc3)nc(-c3ccc4cc(-c5ccc6c7c(cccc57)-c5ccccc5O6)ccc4c3)n2)cc1.c1ccc(-c2nc(-c3ccccc3)nc(-c3ccc4ccc(-c5ccc6c7c(cccc57)-c5ccccc5O6)cc4c3)n2)cc1. The van der Waals surface area contributed by atoms with Crippen LogP contribution in [-0.2, 0) is 0 Å². The Morgan fingerprint density at radius 3 is 0.759 bits per heavy atom. The molecule has 0 spiro atoms. The van der Waals surface area contributed by atoms with E-state index in [0.29, 0.717) is 34.9 Å². The first-order chi connectivity index (χ1) is 67.8. The highest BCUT2D eigenvalue weighted by Crippen LogP contribution is 2.53. The molecule has 0 aliphatic carbocycles. The Balaban J connectivity index is 0.000000109. The Morgan fingerprint density at radius 1 is 0.124 bits per heavy atom. The summed E-state index contributed by atoms with van der Waals surface area (Å²) in [4.78, 5) is 34.5. The molecule has 3 aliphatic heterocycles. The molecular weight excluding hydrogens is 1670 g/mol. The largest absolute Gasteiger partial charge is 0.456 e. The van der Waals surface area contributed by atoms with E-state index in [0.717, 1.165) is 156 Å². The van der Waals surface area contributed by atoms with Crippen LogP contribution in [-0.4, -0.2) is 34.9 Å². The van der Waals surface area contributed by atoms with Crippen LogP contribution in [0, 0.1) is 0 Å². The molecule has 21 aromatic carbocycles. The third-order valence-corrected chi connectivity index (χ3v) is 26.1. The van der Waals surface area contributed by atoms with Gasteiger partial charge in [0.2, 0.25) is 0 Å². The maximum absolute atomic E-state index is 6.34. The molecule has 0 unspecified atom stereocenters. The van der Waals surface area contributed by atoms with Crippen LogP contribution in [0.4, 0.5) is 0 Å². The van der Waals surface area contributed by atoms with Gasteiger partial charge >= 0.3 is 0 Å². The van der Waals surface area contributed by atoms with E-state index in [1.807, 2.05) is 164 Å². The number of benzene rings is 21. The Labute approximate surface area is 791 Å². The minimum Gasteiger partial charge on any atom is -0.456 e. The average molecular weight is 1750 g/mol. The summed E-state index contributed by atoms with van der Waals surface area (Å²) in [5, 5.41) is 11.6. The van der Waals surface area contributed by atoms with Crippen LogP contribution in [0.3, 0.4) is 0 Å². The summed E-state index contributed by atoms with van der Waals surface area (Å²) in [6, 6.07) is 167. The van der Waals surface area contributed by atoms with Crippen molar-refractivity contribution in [2.75, 3.05) is 0 Å². The number of hydrogen-bond donors (Lipinski definition) is 0. The number of hydrogen-bond acceptors (Lipinski definition) is 10. The molecule has 137 heavy (non-hydrogen) atoms. The van der Waals surface area contributed by atoms with E-state index in [1.54, 1.807) is 0 Å². The van der Waals surface area contributed by atoms with Crippen LogP contribution in [0.25, 0.3) is 234 Å². The van der Waals surface area contributed by atoms with Crippen molar-refractivity contribution < 1.29 is 14.2 Å². The summed E-state index contributed by atoms with van der Waals surface area (Å²) in [7, 11) is 0. The summed E-state index contributed by atoms with van der Waals surface area (Å²) < 4.78 is 19.0.